The fraction of sp³-hybridized carbons (Fsp3) is 0.500. The lowest BCUT2D eigenvalue weighted by Gasteiger charge is -2.17. The first-order valence-electron chi connectivity index (χ1n) is 5.83. The highest BCUT2D eigenvalue weighted by Gasteiger charge is 2.28. The van der Waals surface area contributed by atoms with E-state index in [2.05, 4.69) is 5.32 Å². The summed E-state index contributed by atoms with van der Waals surface area (Å²) in [6.45, 7) is 1.75. The second-order valence-corrected chi connectivity index (χ2v) is 4.51. The standard InChI is InChI=1S/C12H12F5NO/c1-5(4-18-6-2-3-6)19-12-10(16)8(14)7(13)9(15)11(12)17/h5-6,18H,2-4H2,1H3. The van der Waals surface area contributed by atoms with Gasteiger partial charge in [-0.2, -0.15) is 8.78 Å². The monoisotopic (exact) mass is 281 g/mol. The van der Waals surface area contributed by atoms with Gasteiger partial charge in [-0.1, -0.05) is 0 Å². The minimum Gasteiger partial charge on any atom is -0.483 e. The third kappa shape index (κ3) is 2.97. The predicted octanol–water partition coefficient (Wildman–Crippen LogP) is 2.90. The van der Waals surface area contributed by atoms with Gasteiger partial charge in [0.1, 0.15) is 6.10 Å². The van der Waals surface area contributed by atoms with Gasteiger partial charge in [-0.15, -0.1) is 0 Å². The summed E-state index contributed by atoms with van der Waals surface area (Å²) >= 11 is 0. The molecule has 2 nitrogen and oxygen atoms in total. The molecular formula is C12H12F5NO. The van der Waals surface area contributed by atoms with Gasteiger partial charge >= 0.3 is 0 Å². The second kappa shape index (κ2) is 5.32. The molecule has 1 aromatic carbocycles. The SMILES string of the molecule is CC(CNC1CC1)Oc1c(F)c(F)c(F)c(F)c1F. The van der Waals surface area contributed by atoms with Gasteiger partial charge in [0.25, 0.3) is 0 Å². The van der Waals surface area contributed by atoms with Crippen LogP contribution in [0.15, 0.2) is 0 Å². The van der Waals surface area contributed by atoms with E-state index in [9.17, 15) is 22.0 Å². The zero-order valence-corrected chi connectivity index (χ0v) is 10.1. The average Bonchev–Trinajstić information content (AvgIpc) is 3.21. The van der Waals surface area contributed by atoms with Gasteiger partial charge in [-0.3, -0.25) is 0 Å². The molecule has 1 fully saturated rings. The topological polar surface area (TPSA) is 21.3 Å². The quantitative estimate of drug-likeness (QED) is 0.509. The number of hydrogen-bond donors (Lipinski definition) is 1. The Morgan fingerprint density at radius 1 is 1.00 bits per heavy atom. The molecule has 0 radical (unpaired) electrons. The van der Waals surface area contributed by atoms with Crippen LogP contribution in [0.1, 0.15) is 19.8 Å². The lowest BCUT2D eigenvalue weighted by molar-refractivity contribution is 0.188. The molecule has 1 aromatic rings. The number of hydrogen-bond acceptors (Lipinski definition) is 2. The van der Waals surface area contributed by atoms with Crippen LogP contribution in [0.2, 0.25) is 0 Å². The minimum absolute atomic E-state index is 0.268. The van der Waals surface area contributed by atoms with Crippen LogP contribution in [0.3, 0.4) is 0 Å². The fourth-order valence-electron chi connectivity index (χ4n) is 1.55. The van der Waals surface area contributed by atoms with Crippen LogP contribution in [0.5, 0.6) is 5.75 Å². The van der Waals surface area contributed by atoms with E-state index in [1.807, 2.05) is 0 Å². The van der Waals surface area contributed by atoms with Crippen molar-refractivity contribution in [3.8, 4) is 5.75 Å². The predicted molar refractivity (Wildman–Crippen MR) is 57.3 cm³/mol. The fourth-order valence-corrected chi connectivity index (χ4v) is 1.55. The summed E-state index contributed by atoms with van der Waals surface area (Å²) < 4.78 is 70.1. The third-order valence-corrected chi connectivity index (χ3v) is 2.76. The van der Waals surface area contributed by atoms with Crippen molar-refractivity contribution >= 4 is 0 Å². The summed E-state index contributed by atoms with van der Waals surface area (Å²) in [5.41, 5.74) is 0. The summed E-state index contributed by atoms with van der Waals surface area (Å²) in [5, 5.41) is 3.02. The minimum atomic E-state index is -2.19. The van der Waals surface area contributed by atoms with E-state index < -0.39 is 40.9 Å². The van der Waals surface area contributed by atoms with E-state index in [4.69, 9.17) is 4.74 Å². The van der Waals surface area contributed by atoms with Crippen molar-refractivity contribution in [1.29, 1.82) is 0 Å². The molecule has 1 unspecified atom stereocenters. The van der Waals surface area contributed by atoms with Crippen LogP contribution >= 0.6 is 0 Å². The van der Waals surface area contributed by atoms with Crippen molar-refractivity contribution in [2.75, 3.05) is 6.54 Å². The molecule has 1 atom stereocenters. The molecule has 0 amide bonds. The van der Waals surface area contributed by atoms with Crippen molar-refractivity contribution < 1.29 is 26.7 Å². The highest BCUT2D eigenvalue weighted by atomic mass is 19.2. The van der Waals surface area contributed by atoms with Crippen molar-refractivity contribution in [2.24, 2.45) is 0 Å². The Morgan fingerprint density at radius 3 is 1.95 bits per heavy atom. The molecule has 0 aliphatic heterocycles. The molecule has 1 aliphatic rings. The Balaban J connectivity index is 2.14. The first kappa shape index (κ1) is 14.0. The van der Waals surface area contributed by atoms with Gasteiger partial charge < -0.3 is 10.1 Å². The molecule has 1 aliphatic carbocycles. The number of rotatable bonds is 5. The van der Waals surface area contributed by atoms with Crippen molar-refractivity contribution in [3.63, 3.8) is 0 Å². The lowest BCUT2D eigenvalue weighted by atomic mass is 10.2. The molecule has 1 N–H and O–H groups in total. The highest BCUT2D eigenvalue weighted by molar-refractivity contribution is 5.30. The molecule has 0 heterocycles. The summed E-state index contributed by atoms with van der Waals surface area (Å²) in [6, 6.07) is 0.349. The van der Waals surface area contributed by atoms with Gasteiger partial charge in [0.15, 0.2) is 5.75 Å². The van der Waals surface area contributed by atoms with Crippen LogP contribution in [-0.4, -0.2) is 18.7 Å². The summed E-state index contributed by atoms with van der Waals surface area (Å²) in [6.07, 6.45) is 1.30. The van der Waals surface area contributed by atoms with Crippen LogP contribution in [0.25, 0.3) is 0 Å². The van der Waals surface area contributed by atoms with Crippen LogP contribution in [0.4, 0.5) is 22.0 Å². The van der Waals surface area contributed by atoms with Crippen LogP contribution in [-0.2, 0) is 0 Å². The zero-order chi connectivity index (χ0) is 14.2. The summed E-state index contributed by atoms with van der Waals surface area (Å²) in [4.78, 5) is 0. The summed E-state index contributed by atoms with van der Waals surface area (Å²) in [7, 11) is 0. The molecule has 1 saturated carbocycles. The van der Waals surface area contributed by atoms with Gasteiger partial charge in [-0.25, -0.2) is 13.2 Å². The number of ether oxygens (including phenoxy) is 1. The van der Waals surface area contributed by atoms with Crippen molar-refractivity contribution in [2.45, 2.75) is 31.9 Å². The van der Waals surface area contributed by atoms with E-state index in [0.29, 0.717) is 6.04 Å². The zero-order valence-electron chi connectivity index (χ0n) is 10.1. The van der Waals surface area contributed by atoms with Gasteiger partial charge in [0.2, 0.25) is 29.1 Å². The second-order valence-electron chi connectivity index (χ2n) is 4.51. The van der Waals surface area contributed by atoms with E-state index in [1.165, 1.54) is 6.92 Å². The smallest absolute Gasteiger partial charge is 0.207 e. The van der Waals surface area contributed by atoms with Gasteiger partial charge in [0.05, 0.1) is 0 Å². The van der Waals surface area contributed by atoms with Crippen molar-refractivity contribution in [1.82, 2.24) is 5.32 Å². The molecular weight excluding hydrogens is 269 g/mol. The van der Waals surface area contributed by atoms with E-state index in [0.717, 1.165) is 12.8 Å². The lowest BCUT2D eigenvalue weighted by Crippen LogP contribution is -2.31. The maximum absolute atomic E-state index is 13.3. The molecule has 0 bridgehead atoms. The molecule has 106 valence electrons. The Labute approximate surface area is 106 Å². The number of nitrogens with one attached hydrogen (secondary N) is 1. The van der Waals surface area contributed by atoms with Crippen LogP contribution in [0, 0.1) is 29.1 Å². The first-order valence-corrected chi connectivity index (χ1v) is 5.83. The molecule has 19 heavy (non-hydrogen) atoms. The first-order chi connectivity index (χ1) is 8.91. The average molecular weight is 281 g/mol. The normalized spacial score (nSPS) is 16.5. The molecule has 0 spiro atoms. The molecule has 7 heteroatoms. The van der Waals surface area contributed by atoms with Crippen LogP contribution < -0.4 is 10.1 Å². The van der Waals surface area contributed by atoms with E-state index in [-0.39, 0.29) is 6.54 Å². The van der Waals surface area contributed by atoms with E-state index >= 15 is 0 Å². The molecule has 0 saturated heterocycles. The Bertz CT molecular complexity index is 460. The maximum atomic E-state index is 13.3. The summed E-state index contributed by atoms with van der Waals surface area (Å²) in [5.74, 6) is -11.3. The Hall–Kier alpha value is -1.37. The van der Waals surface area contributed by atoms with Crippen molar-refractivity contribution in [3.05, 3.63) is 29.1 Å². The number of halogens is 5. The number of benzene rings is 1. The van der Waals surface area contributed by atoms with Gasteiger partial charge in [0, 0.05) is 12.6 Å². The highest BCUT2D eigenvalue weighted by Crippen LogP contribution is 2.29. The largest absolute Gasteiger partial charge is 0.483 e. The van der Waals surface area contributed by atoms with Gasteiger partial charge in [-0.05, 0) is 19.8 Å². The molecule has 2 rings (SSSR count). The Kier molecular flexibility index (Phi) is 3.93. The van der Waals surface area contributed by atoms with E-state index in [1.54, 1.807) is 0 Å². The Morgan fingerprint density at radius 2 is 1.47 bits per heavy atom. The third-order valence-electron chi connectivity index (χ3n) is 2.76. The maximum Gasteiger partial charge on any atom is 0.207 e. The molecule has 0 aromatic heterocycles.